The lowest BCUT2D eigenvalue weighted by molar-refractivity contribution is -0.116. The SMILES string of the molecule is COc1cc(C)c(NC(=O)CCc2c(C)noc2C)cc1OC. The molecular weight excluding hydrogens is 296 g/mol. The van der Waals surface area contributed by atoms with E-state index in [-0.39, 0.29) is 5.91 Å². The largest absolute Gasteiger partial charge is 0.493 e. The van der Waals surface area contributed by atoms with Gasteiger partial charge in [-0.2, -0.15) is 0 Å². The third kappa shape index (κ3) is 3.83. The molecule has 0 unspecified atom stereocenters. The highest BCUT2D eigenvalue weighted by Crippen LogP contribution is 2.33. The van der Waals surface area contributed by atoms with E-state index in [0.29, 0.717) is 30.0 Å². The molecular formula is C17H22N2O4. The van der Waals surface area contributed by atoms with E-state index in [1.54, 1.807) is 20.3 Å². The molecule has 1 aromatic carbocycles. The number of ether oxygens (including phenoxy) is 2. The molecule has 6 heteroatoms. The summed E-state index contributed by atoms with van der Waals surface area (Å²) < 4.78 is 15.6. The van der Waals surface area contributed by atoms with E-state index in [1.807, 2.05) is 26.8 Å². The molecule has 1 N–H and O–H groups in total. The summed E-state index contributed by atoms with van der Waals surface area (Å²) in [6, 6.07) is 3.60. The summed E-state index contributed by atoms with van der Waals surface area (Å²) in [6.07, 6.45) is 0.954. The molecule has 124 valence electrons. The summed E-state index contributed by atoms with van der Waals surface area (Å²) in [5.74, 6) is 1.91. The first-order valence-electron chi connectivity index (χ1n) is 7.40. The highest BCUT2D eigenvalue weighted by Gasteiger charge is 2.13. The van der Waals surface area contributed by atoms with Gasteiger partial charge in [-0.1, -0.05) is 5.16 Å². The number of anilines is 1. The van der Waals surface area contributed by atoms with Gasteiger partial charge < -0.3 is 19.3 Å². The van der Waals surface area contributed by atoms with E-state index in [2.05, 4.69) is 10.5 Å². The second-order valence-corrected chi connectivity index (χ2v) is 5.37. The maximum Gasteiger partial charge on any atom is 0.224 e. The molecule has 1 heterocycles. The predicted molar refractivity (Wildman–Crippen MR) is 87.2 cm³/mol. The second kappa shape index (κ2) is 7.17. The molecule has 0 fully saturated rings. The van der Waals surface area contributed by atoms with Gasteiger partial charge in [0.25, 0.3) is 0 Å². The molecule has 23 heavy (non-hydrogen) atoms. The fourth-order valence-corrected chi connectivity index (χ4v) is 2.43. The molecule has 0 radical (unpaired) electrons. The van der Waals surface area contributed by atoms with Crippen LogP contribution in [0.3, 0.4) is 0 Å². The van der Waals surface area contributed by atoms with Crippen LogP contribution in [-0.2, 0) is 11.2 Å². The summed E-state index contributed by atoms with van der Waals surface area (Å²) in [6.45, 7) is 5.64. The maximum atomic E-state index is 12.2. The molecule has 0 aliphatic rings. The number of amides is 1. The average Bonchev–Trinajstić information content (AvgIpc) is 2.85. The second-order valence-electron chi connectivity index (χ2n) is 5.37. The zero-order valence-electron chi connectivity index (χ0n) is 14.1. The molecule has 0 aliphatic carbocycles. The van der Waals surface area contributed by atoms with Crippen molar-refractivity contribution in [3.05, 3.63) is 34.7 Å². The lowest BCUT2D eigenvalue weighted by Crippen LogP contribution is -2.13. The summed E-state index contributed by atoms with van der Waals surface area (Å²) in [4.78, 5) is 12.2. The number of aromatic nitrogens is 1. The number of nitrogens with one attached hydrogen (secondary N) is 1. The van der Waals surface area contributed by atoms with Crippen LogP contribution in [0.25, 0.3) is 0 Å². The van der Waals surface area contributed by atoms with Gasteiger partial charge in [-0.05, 0) is 38.8 Å². The van der Waals surface area contributed by atoms with Crippen molar-refractivity contribution in [3.8, 4) is 11.5 Å². The number of rotatable bonds is 6. The molecule has 0 saturated heterocycles. The quantitative estimate of drug-likeness (QED) is 0.885. The van der Waals surface area contributed by atoms with Crippen LogP contribution in [0.4, 0.5) is 5.69 Å². The van der Waals surface area contributed by atoms with Gasteiger partial charge in [-0.15, -0.1) is 0 Å². The zero-order valence-corrected chi connectivity index (χ0v) is 14.1. The van der Waals surface area contributed by atoms with Gasteiger partial charge in [-0.3, -0.25) is 4.79 Å². The van der Waals surface area contributed by atoms with Crippen LogP contribution in [-0.4, -0.2) is 25.3 Å². The molecule has 0 saturated carbocycles. The monoisotopic (exact) mass is 318 g/mol. The van der Waals surface area contributed by atoms with Crippen molar-refractivity contribution in [3.63, 3.8) is 0 Å². The van der Waals surface area contributed by atoms with Gasteiger partial charge in [0.1, 0.15) is 5.76 Å². The van der Waals surface area contributed by atoms with Gasteiger partial charge >= 0.3 is 0 Å². The van der Waals surface area contributed by atoms with E-state index < -0.39 is 0 Å². The first-order valence-corrected chi connectivity index (χ1v) is 7.40. The Kier molecular flexibility index (Phi) is 5.26. The maximum absolute atomic E-state index is 12.2. The number of nitrogens with zero attached hydrogens (tertiary/aromatic N) is 1. The lowest BCUT2D eigenvalue weighted by atomic mass is 10.1. The summed E-state index contributed by atoms with van der Waals surface area (Å²) >= 11 is 0. The molecule has 2 aromatic rings. The van der Waals surface area contributed by atoms with Crippen LogP contribution >= 0.6 is 0 Å². The van der Waals surface area contributed by atoms with Crippen molar-refractivity contribution in [2.24, 2.45) is 0 Å². The number of aryl methyl sites for hydroxylation is 3. The first-order chi connectivity index (χ1) is 11.0. The van der Waals surface area contributed by atoms with E-state index >= 15 is 0 Å². The molecule has 2 rings (SSSR count). The highest BCUT2D eigenvalue weighted by atomic mass is 16.5. The van der Waals surface area contributed by atoms with Crippen molar-refractivity contribution in [1.82, 2.24) is 5.16 Å². The van der Waals surface area contributed by atoms with Crippen molar-refractivity contribution in [1.29, 1.82) is 0 Å². The van der Waals surface area contributed by atoms with Crippen LogP contribution in [0.1, 0.15) is 29.0 Å². The highest BCUT2D eigenvalue weighted by molar-refractivity contribution is 5.92. The normalized spacial score (nSPS) is 10.5. The van der Waals surface area contributed by atoms with Crippen molar-refractivity contribution in [2.75, 3.05) is 19.5 Å². The Bertz CT molecular complexity index is 687. The molecule has 0 aliphatic heterocycles. The Morgan fingerprint density at radius 1 is 1.17 bits per heavy atom. The van der Waals surface area contributed by atoms with Gasteiger partial charge in [0.15, 0.2) is 11.5 Å². The van der Waals surface area contributed by atoms with Crippen LogP contribution in [0, 0.1) is 20.8 Å². The topological polar surface area (TPSA) is 73.6 Å². The summed E-state index contributed by atoms with van der Waals surface area (Å²) in [7, 11) is 3.15. The Hall–Kier alpha value is -2.50. The Morgan fingerprint density at radius 3 is 2.39 bits per heavy atom. The number of carbonyl (C=O) groups excluding carboxylic acids is 1. The lowest BCUT2D eigenvalue weighted by Gasteiger charge is -2.13. The fourth-order valence-electron chi connectivity index (χ4n) is 2.43. The smallest absolute Gasteiger partial charge is 0.224 e. The van der Waals surface area contributed by atoms with Crippen molar-refractivity contribution in [2.45, 2.75) is 33.6 Å². The van der Waals surface area contributed by atoms with E-state index in [1.165, 1.54) is 0 Å². The molecule has 0 spiro atoms. The van der Waals surface area contributed by atoms with E-state index in [0.717, 1.165) is 22.6 Å². The number of methoxy groups -OCH3 is 2. The minimum Gasteiger partial charge on any atom is -0.493 e. The van der Waals surface area contributed by atoms with Gasteiger partial charge in [0.05, 0.1) is 19.9 Å². The Labute approximate surface area is 135 Å². The van der Waals surface area contributed by atoms with Crippen LogP contribution in [0.5, 0.6) is 11.5 Å². The standard InChI is InChI=1S/C17H22N2O4/c1-10-8-15(21-4)16(22-5)9-14(10)18-17(20)7-6-13-11(2)19-23-12(13)3/h8-9H,6-7H2,1-5H3,(H,18,20). The number of benzene rings is 1. The predicted octanol–water partition coefficient (Wildman–Crippen LogP) is 3.19. The number of carbonyl (C=O) groups is 1. The van der Waals surface area contributed by atoms with Crippen molar-refractivity contribution >= 4 is 11.6 Å². The Balaban J connectivity index is 2.05. The minimum atomic E-state index is -0.0691. The Morgan fingerprint density at radius 2 is 1.83 bits per heavy atom. The van der Waals surface area contributed by atoms with Gasteiger partial charge in [0.2, 0.25) is 5.91 Å². The van der Waals surface area contributed by atoms with Gasteiger partial charge in [-0.25, -0.2) is 0 Å². The van der Waals surface area contributed by atoms with E-state index in [9.17, 15) is 4.79 Å². The third-order valence-corrected chi connectivity index (χ3v) is 3.79. The van der Waals surface area contributed by atoms with Crippen LogP contribution in [0.2, 0.25) is 0 Å². The average molecular weight is 318 g/mol. The third-order valence-electron chi connectivity index (χ3n) is 3.79. The molecule has 0 bridgehead atoms. The molecule has 1 amide bonds. The molecule has 0 atom stereocenters. The number of hydrogen-bond donors (Lipinski definition) is 1. The van der Waals surface area contributed by atoms with Crippen molar-refractivity contribution < 1.29 is 18.8 Å². The summed E-state index contributed by atoms with van der Waals surface area (Å²) in [5.41, 5.74) is 3.45. The molecule has 6 nitrogen and oxygen atoms in total. The van der Waals surface area contributed by atoms with Crippen LogP contribution < -0.4 is 14.8 Å². The van der Waals surface area contributed by atoms with E-state index in [4.69, 9.17) is 14.0 Å². The molecule has 1 aromatic heterocycles. The zero-order chi connectivity index (χ0) is 17.0. The van der Waals surface area contributed by atoms with Crippen LogP contribution in [0.15, 0.2) is 16.7 Å². The minimum absolute atomic E-state index is 0.0691. The number of hydrogen-bond acceptors (Lipinski definition) is 5. The first kappa shape index (κ1) is 16.9. The fraction of sp³-hybridized carbons (Fsp3) is 0.412. The summed E-state index contributed by atoms with van der Waals surface area (Å²) in [5, 5.41) is 6.81. The van der Waals surface area contributed by atoms with Gasteiger partial charge in [0, 0.05) is 23.7 Å².